The SMILES string of the molecule is CC(C)(C)OC(=O)Cn1ccc2ccc(N3CCC(=O)NC3=O)cc21. The van der Waals surface area contributed by atoms with Gasteiger partial charge in [-0.25, -0.2) is 4.79 Å². The molecule has 1 saturated heterocycles. The molecule has 0 saturated carbocycles. The first kappa shape index (κ1) is 17.0. The Morgan fingerprint density at radius 2 is 2.00 bits per heavy atom. The van der Waals surface area contributed by atoms with E-state index in [1.165, 1.54) is 4.90 Å². The molecular weight excluding hydrogens is 322 g/mol. The van der Waals surface area contributed by atoms with E-state index in [0.717, 1.165) is 10.9 Å². The Morgan fingerprint density at radius 3 is 2.68 bits per heavy atom. The number of fused-ring (bicyclic) bond motifs is 1. The Bertz CT molecular complexity index is 848. The summed E-state index contributed by atoms with van der Waals surface area (Å²) in [6.07, 6.45) is 2.08. The van der Waals surface area contributed by atoms with E-state index in [9.17, 15) is 14.4 Å². The summed E-state index contributed by atoms with van der Waals surface area (Å²) in [6, 6.07) is 7.04. The number of carbonyl (C=O) groups excluding carboxylic acids is 3. The summed E-state index contributed by atoms with van der Waals surface area (Å²) in [5, 5.41) is 3.27. The number of amides is 3. The summed E-state index contributed by atoms with van der Waals surface area (Å²) in [6.45, 7) is 5.91. The van der Waals surface area contributed by atoms with Crippen molar-refractivity contribution in [3.63, 3.8) is 0 Å². The Labute approximate surface area is 145 Å². The van der Waals surface area contributed by atoms with Crippen LogP contribution in [-0.4, -0.2) is 34.6 Å². The predicted octanol–water partition coefficient (Wildman–Crippen LogP) is 2.43. The van der Waals surface area contributed by atoms with Crippen molar-refractivity contribution in [3.05, 3.63) is 30.5 Å². The van der Waals surface area contributed by atoms with E-state index in [0.29, 0.717) is 12.2 Å². The molecule has 132 valence electrons. The first-order valence-corrected chi connectivity index (χ1v) is 8.15. The smallest absolute Gasteiger partial charge is 0.328 e. The average Bonchev–Trinajstić information content (AvgIpc) is 2.87. The second kappa shape index (κ2) is 6.23. The maximum Gasteiger partial charge on any atom is 0.328 e. The zero-order chi connectivity index (χ0) is 18.2. The maximum atomic E-state index is 12.1. The monoisotopic (exact) mass is 343 g/mol. The second-order valence-electron chi connectivity index (χ2n) is 7.03. The Balaban J connectivity index is 1.86. The van der Waals surface area contributed by atoms with Crippen LogP contribution in [0.5, 0.6) is 0 Å². The molecule has 0 radical (unpaired) electrons. The highest BCUT2D eigenvalue weighted by Gasteiger charge is 2.24. The number of esters is 1. The molecule has 1 aromatic carbocycles. The van der Waals surface area contributed by atoms with E-state index in [4.69, 9.17) is 4.74 Å². The van der Waals surface area contributed by atoms with Crippen LogP contribution < -0.4 is 10.2 Å². The van der Waals surface area contributed by atoms with Gasteiger partial charge < -0.3 is 9.30 Å². The third-order valence-corrected chi connectivity index (χ3v) is 3.84. The van der Waals surface area contributed by atoms with Crippen LogP contribution in [0.4, 0.5) is 10.5 Å². The van der Waals surface area contributed by atoms with Crippen molar-refractivity contribution in [1.29, 1.82) is 0 Å². The van der Waals surface area contributed by atoms with E-state index < -0.39 is 11.6 Å². The molecule has 0 unspecified atom stereocenters. The number of aromatic nitrogens is 1. The van der Waals surface area contributed by atoms with E-state index in [2.05, 4.69) is 5.32 Å². The van der Waals surface area contributed by atoms with Gasteiger partial charge in [0.05, 0.1) is 5.52 Å². The molecule has 0 atom stereocenters. The second-order valence-corrected chi connectivity index (χ2v) is 7.03. The normalized spacial score (nSPS) is 15.4. The molecule has 3 amide bonds. The fourth-order valence-electron chi connectivity index (χ4n) is 2.80. The van der Waals surface area contributed by atoms with E-state index in [1.54, 1.807) is 4.57 Å². The maximum absolute atomic E-state index is 12.1. The highest BCUT2D eigenvalue weighted by atomic mass is 16.6. The number of nitrogens with zero attached hydrogens (tertiary/aromatic N) is 2. The molecule has 0 bridgehead atoms. The van der Waals surface area contributed by atoms with Gasteiger partial charge in [-0.2, -0.15) is 0 Å². The van der Waals surface area contributed by atoms with Gasteiger partial charge in [0.15, 0.2) is 0 Å². The lowest BCUT2D eigenvalue weighted by Crippen LogP contribution is -2.49. The minimum atomic E-state index is -0.538. The van der Waals surface area contributed by atoms with Crippen molar-refractivity contribution < 1.29 is 19.1 Å². The van der Waals surface area contributed by atoms with Crippen molar-refractivity contribution in [2.24, 2.45) is 0 Å². The van der Waals surface area contributed by atoms with E-state index in [1.807, 2.05) is 51.2 Å². The Kier molecular flexibility index (Phi) is 4.24. The molecular formula is C18H21N3O4. The van der Waals surface area contributed by atoms with Crippen LogP contribution in [0.1, 0.15) is 27.2 Å². The molecule has 1 aromatic heterocycles. The number of hydrogen-bond donors (Lipinski definition) is 1. The zero-order valence-corrected chi connectivity index (χ0v) is 14.5. The summed E-state index contributed by atoms with van der Waals surface area (Å²) >= 11 is 0. The molecule has 0 spiro atoms. The number of carbonyl (C=O) groups is 3. The first-order valence-electron chi connectivity index (χ1n) is 8.15. The largest absolute Gasteiger partial charge is 0.459 e. The van der Waals surface area contributed by atoms with Gasteiger partial charge in [-0.1, -0.05) is 6.07 Å². The van der Waals surface area contributed by atoms with Gasteiger partial charge in [-0.15, -0.1) is 0 Å². The zero-order valence-electron chi connectivity index (χ0n) is 14.5. The van der Waals surface area contributed by atoms with Gasteiger partial charge in [0.1, 0.15) is 12.1 Å². The third kappa shape index (κ3) is 3.81. The van der Waals surface area contributed by atoms with Gasteiger partial charge in [0.25, 0.3) is 0 Å². The lowest BCUT2D eigenvalue weighted by Gasteiger charge is -2.26. The highest BCUT2D eigenvalue weighted by molar-refractivity contribution is 6.06. The van der Waals surface area contributed by atoms with Crippen molar-refractivity contribution in [3.8, 4) is 0 Å². The molecule has 2 heterocycles. The fraction of sp³-hybridized carbons (Fsp3) is 0.389. The van der Waals surface area contributed by atoms with Crippen LogP contribution >= 0.6 is 0 Å². The van der Waals surface area contributed by atoms with Crippen molar-refractivity contribution >= 4 is 34.5 Å². The van der Waals surface area contributed by atoms with Crippen LogP contribution in [-0.2, 0) is 20.9 Å². The van der Waals surface area contributed by atoms with Gasteiger partial charge >= 0.3 is 12.0 Å². The Hall–Kier alpha value is -2.83. The number of anilines is 1. The lowest BCUT2D eigenvalue weighted by atomic mass is 10.2. The van der Waals surface area contributed by atoms with E-state index in [-0.39, 0.29) is 24.8 Å². The highest BCUT2D eigenvalue weighted by Crippen LogP contribution is 2.25. The number of hydrogen-bond acceptors (Lipinski definition) is 4. The number of urea groups is 1. The molecule has 1 aliphatic rings. The number of benzene rings is 1. The number of ether oxygens (including phenoxy) is 1. The number of rotatable bonds is 3. The van der Waals surface area contributed by atoms with Gasteiger partial charge in [-0.3, -0.25) is 19.8 Å². The number of nitrogens with one attached hydrogen (secondary N) is 1. The molecule has 1 N–H and O–H groups in total. The third-order valence-electron chi connectivity index (χ3n) is 3.84. The molecule has 7 nitrogen and oxygen atoms in total. The summed E-state index contributed by atoms with van der Waals surface area (Å²) in [5.41, 5.74) is 0.971. The molecule has 3 rings (SSSR count). The predicted molar refractivity (Wildman–Crippen MR) is 93.3 cm³/mol. The Morgan fingerprint density at radius 1 is 1.24 bits per heavy atom. The summed E-state index contributed by atoms with van der Waals surface area (Å²) in [5.74, 6) is -0.590. The van der Waals surface area contributed by atoms with Gasteiger partial charge in [0.2, 0.25) is 5.91 Å². The minimum Gasteiger partial charge on any atom is -0.459 e. The van der Waals surface area contributed by atoms with E-state index >= 15 is 0 Å². The summed E-state index contributed by atoms with van der Waals surface area (Å²) in [7, 11) is 0. The van der Waals surface area contributed by atoms with Crippen LogP contribution in [0.2, 0.25) is 0 Å². The lowest BCUT2D eigenvalue weighted by molar-refractivity contribution is -0.155. The molecule has 1 aliphatic heterocycles. The summed E-state index contributed by atoms with van der Waals surface area (Å²) in [4.78, 5) is 36.9. The first-order chi connectivity index (χ1) is 11.7. The van der Waals surface area contributed by atoms with Crippen LogP contribution in [0, 0.1) is 0 Å². The average molecular weight is 343 g/mol. The minimum absolute atomic E-state index is 0.0922. The van der Waals surface area contributed by atoms with Crippen LogP contribution in [0.15, 0.2) is 30.5 Å². The van der Waals surface area contributed by atoms with Gasteiger partial charge in [0, 0.05) is 24.8 Å². The quantitative estimate of drug-likeness (QED) is 0.868. The van der Waals surface area contributed by atoms with Crippen molar-refractivity contribution in [1.82, 2.24) is 9.88 Å². The molecule has 2 aromatic rings. The molecule has 25 heavy (non-hydrogen) atoms. The molecule has 7 heteroatoms. The standard InChI is InChI=1S/C18H21N3O4/c1-18(2,3)25-16(23)11-20-8-6-12-4-5-13(10-14(12)20)21-9-7-15(22)19-17(21)24/h4-6,8,10H,7,9,11H2,1-3H3,(H,19,22,24). The summed E-state index contributed by atoms with van der Waals surface area (Å²) < 4.78 is 7.16. The van der Waals surface area contributed by atoms with Crippen LogP contribution in [0.3, 0.4) is 0 Å². The molecule has 0 aliphatic carbocycles. The van der Waals surface area contributed by atoms with Crippen molar-refractivity contribution in [2.75, 3.05) is 11.4 Å². The van der Waals surface area contributed by atoms with Crippen LogP contribution in [0.25, 0.3) is 10.9 Å². The number of imide groups is 1. The topological polar surface area (TPSA) is 80.6 Å². The fourth-order valence-corrected chi connectivity index (χ4v) is 2.80. The van der Waals surface area contributed by atoms with Crippen molar-refractivity contribution in [2.45, 2.75) is 39.3 Å². The van der Waals surface area contributed by atoms with Gasteiger partial charge in [-0.05, 0) is 44.4 Å². The molecule has 1 fully saturated rings.